The van der Waals surface area contributed by atoms with Gasteiger partial charge in [-0.3, -0.25) is 4.40 Å². The molecule has 120 valence electrons. The van der Waals surface area contributed by atoms with Crippen molar-refractivity contribution >= 4 is 27.3 Å². The highest BCUT2D eigenvalue weighted by molar-refractivity contribution is 7.89. The predicted octanol–water partition coefficient (Wildman–Crippen LogP) is 2.73. The highest BCUT2D eigenvalue weighted by Gasteiger charge is 2.23. The first kappa shape index (κ1) is 15.9. The van der Waals surface area contributed by atoms with Crippen molar-refractivity contribution in [1.82, 2.24) is 19.3 Å². The van der Waals surface area contributed by atoms with Crippen LogP contribution in [0.1, 0.15) is 24.4 Å². The quantitative estimate of drug-likeness (QED) is 0.785. The van der Waals surface area contributed by atoms with Gasteiger partial charge in [0.05, 0.1) is 10.9 Å². The van der Waals surface area contributed by atoms with Gasteiger partial charge in [-0.2, -0.15) is 0 Å². The molecule has 0 aliphatic heterocycles. The van der Waals surface area contributed by atoms with Gasteiger partial charge in [-0.05, 0) is 43.7 Å². The van der Waals surface area contributed by atoms with Crippen LogP contribution in [0, 0.1) is 6.92 Å². The lowest BCUT2D eigenvalue weighted by Crippen LogP contribution is -2.28. The standard InChI is InChI=1S/C15H15ClN4O2S/c1-10-12(16)6-5-7-13(10)23(21,22)19-11(2)15-18-17-14-8-3-4-9-20(14)15/h3-9,11,19H,1-2H3. The number of hydrogen-bond donors (Lipinski definition) is 1. The summed E-state index contributed by atoms with van der Waals surface area (Å²) in [6, 6.07) is 9.74. The van der Waals surface area contributed by atoms with Gasteiger partial charge >= 0.3 is 0 Å². The molecule has 0 saturated heterocycles. The SMILES string of the molecule is Cc1c(Cl)cccc1S(=O)(=O)NC(C)c1nnc2ccccn12. The number of fused-ring (bicyclic) bond motifs is 1. The van der Waals surface area contributed by atoms with Gasteiger partial charge in [-0.1, -0.05) is 23.7 Å². The average molecular weight is 351 g/mol. The Hall–Kier alpha value is -1.96. The maximum absolute atomic E-state index is 12.6. The van der Waals surface area contributed by atoms with Crippen LogP contribution in [0.3, 0.4) is 0 Å². The molecule has 1 N–H and O–H groups in total. The zero-order chi connectivity index (χ0) is 16.6. The Balaban J connectivity index is 1.95. The highest BCUT2D eigenvalue weighted by Crippen LogP contribution is 2.24. The number of nitrogens with one attached hydrogen (secondary N) is 1. The van der Waals surface area contributed by atoms with Crippen LogP contribution in [0.5, 0.6) is 0 Å². The van der Waals surface area contributed by atoms with Gasteiger partial charge in [-0.15, -0.1) is 10.2 Å². The van der Waals surface area contributed by atoms with Crippen molar-refractivity contribution in [2.24, 2.45) is 0 Å². The average Bonchev–Trinajstić information content (AvgIpc) is 2.93. The van der Waals surface area contributed by atoms with Crippen molar-refractivity contribution in [2.45, 2.75) is 24.8 Å². The number of aromatic nitrogens is 3. The molecule has 3 aromatic rings. The number of nitrogens with zero attached hydrogens (tertiary/aromatic N) is 3. The molecule has 1 aromatic carbocycles. The molecular formula is C15H15ClN4O2S. The summed E-state index contributed by atoms with van der Waals surface area (Å²) in [5.74, 6) is 0.517. The lowest BCUT2D eigenvalue weighted by molar-refractivity contribution is 0.557. The summed E-state index contributed by atoms with van der Waals surface area (Å²) in [4.78, 5) is 0.158. The number of halogens is 1. The summed E-state index contributed by atoms with van der Waals surface area (Å²) in [5.41, 5.74) is 1.17. The predicted molar refractivity (Wildman–Crippen MR) is 87.9 cm³/mol. The first-order valence-corrected chi connectivity index (χ1v) is 8.83. The summed E-state index contributed by atoms with van der Waals surface area (Å²) in [6.45, 7) is 3.40. The molecule has 3 rings (SSSR count). The number of rotatable bonds is 4. The second-order valence-corrected chi connectivity index (χ2v) is 7.28. The van der Waals surface area contributed by atoms with Crippen molar-refractivity contribution in [2.75, 3.05) is 0 Å². The molecule has 0 radical (unpaired) electrons. The molecule has 2 aromatic heterocycles. The normalized spacial score (nSPS) is 13.3. The van der Waals surface area contributed by atoms with Crippen molar-refractivity contribution in [3.63, 3.8) is 0 Å². The van der Waals surface area contributed by atoms with Crippen LogP contribution >= 0.6 is 11.6 Å². The molecule has 0 aliphatic rings. The van der Waals surface area contributed by atoms with E-state index < -0.39 is 16.1 Å². The molecule has 6 nitrogen and oxygen atoms in total. The number of hydrogen-bond acceptors (Lipinski definition) is 4. The van der Waals surface area contributed by atoms with E-state index in [1.165, 1.54) is 6.07 Å². The lowest BCUT2D eigenvalue weighted by Gasteiger charge is -2.14. The maximum atomic E-state index is 12.6. The van der Waals surface area contributed by atoms with Crippen LogP contribution in [0.4, 0.5) is 0 Å². The summed E-state index contributed by atoms with van der Waals surface area (Å²) >= 11 is 6.02. The van der Waals surface area contributed by atoms with Gasteiger partial charge < -0.3 is 0 Å². The summed E-state index contributed by atoms with van der Waals surface area (Å²) in [5, 5.41) is 8.51. The van der Waals surface area contributed by atoms with E-state index in [1.54, 1.807) is 42.6 Å². The Kier molecular flexibility index (Phi) is 4.09. The van der Waals surface area contributed by atoms with E-state index in [1.807, 2.05) is 12.1 Å². The number of benzene rings is 1. The minimum Gasteiger partial charge on any atom is -0.285 e. The van der Waals surface area contributed by atoms with Gasteiger partial charge in [0, 0.05) is 11.2 Å². The Bertz CT molecular complexity index is 969. The van der Waals surface area contributed by atoms with E-state index in [9.17, 15) is 8.42 Å². The lowest BCUT2D eigenvalue weighted by atomic mass is 10.2. The van der Waals surface area contributed by atoms with Gasteiger partial charge in [0.25, 0.3) is 0 Å². The molecule has 0 aliphatic carbocycles. The Labute approximate surface area is 139 Å². The second-order valence-electron chi connectivity index (χ2n) is 5.19. The molecule has 8 heteroatoms. The van der Waals surface area contributed by atoms with Gasteiger partial charge in [0.15, 0.2) is 11.5 Å². The van der Waals surface area contributed by atoms with Crippen LogP contribution in [0.2, 0.25) is 5.02 Å². The molecule has 0 amide bonds. The molecule has 0 fully saturated rings. The van der Waals surface area contributed by atoms with Crippen LogP contribution in [0.25, 0.3) is 5.65 Å². The van der Waals surface area contributed by atoms with Crippen molar-refractivity contribution in [3.05, 3.63) is 59.0 Å². The molecule has 0 saturated carbocycles. The fourth-order valence-corrected chi connectivity index (χ4v) is 4.08. The molecule has 1 unspecified atom stereocenters. The highest BCUT2D eigenvalue weighted by atomic mass is 35.5. The Morgan fingerprint density at radius 3 is 2.74 bits per heavy atom. The number of sulfonamides is 1. The molecule has 1 atom stereocenters. The van der Waals surface area contributed by atoms with Crippen LogP contribution in [0.15, 0.2) is 47.5 Å². The Morgan fingerprint density at radius 1 is 1.17 bits per heavy atom. The fourth-order valence-electron chi connectivity index (χ4n) is 2.38. The summed E-state index contributed by atoms with van der Waals surface area (Å²) < 4.78 is 29.6. The third-order valence-electron chi connectivity index (χ3n) is 3.57. The molecule has 23 heavy (non-hydrogen) atoms. The zero-order valence-corrected chi connectivity index (χ0v) is 14.1. The van der Waals surface area contributed by atoms with Gasteiger partial charge in [0.1, 0.15) is 0 Å². The first-order valence-electron chi connectivity index (χ1n) is 6.97. The zero-order valence-electron chi connectivity index (χ0n) is 12.6. The molecule has 0 spiro atoms. The number of pyridine rings is 1. The monoisotopic (exact) mass is 350 g/mol. The van der Waals surface area contributed by atoms with Gasteiger partial charge in [-0.25, -0.2) is 13.1 Å². The van der Waals surface area contributed by atoms with Crippen LogP contribution < -0.4 is 4.72 Å². The summed E-state index contributed by atoms with van der Waals surface area (Å²) in [6.07, 6.45) is 1.79. The van der Waals surface area contributed by atoms with Crippen molar-refractivity contribution in [3.8, 4) is 0 Å². The molecule has 0 bridgehead atoms. The fraction of sp³-hybridized carbons (Fsp3) is 0.200. The van der Waals surface area contributed by atoms with E-state index >= 15 is 0 Å². The topological polar surface area (TPSA) is 76.4 Å². The van der Waals surface area contributed by atoms with E-state index in [-0.39, 0.29) is 4.90 Å². The minimum absolute atomic E-state index is 0.158. The first-order chi connectivity index (χ1) is 10.9. The van der Waals surface area contributed by atoms with E-state index in [2.05, 4.69) is 14.9 Å². The Morgan fingerprint density at radius 2 is 1.96 bits per heavy atom. The third kappa shape index (κ3) is 2.95. The van der Waals surface area contributed by atoms with E-state index in [0.29, 0.717) is 22.1 Å². The molecular weight excluding hydrogens is 336 g/mol. The van der Waals surface area contributed by atoms with Crippen LogP contribution in [-0.2, 0) is 10.0 Å². The smallest absolute Gasteiger partial charge is 0.241 e. The van der Waals surface area contributed by atoms with E-state index in [0.717, 1.165) is 0 Å². The van der Waals surface area contributed by atoms with Crippen LogP contribution in [-0.4, -0.2) is 23.0 Å². The minimum atomic E-state index is -3.72. The second kappa shape index (κ2) is 5.92. The van der Waals surface area contributed by atoms with Crippen molar-refractivity contribution < 1.29 is 8.42 Å². The maximum Gasteiger partial charge on any atom is 0.241 e. The van der Waals surface area contributed by atoms with E-state index in [4.69, 9.17) is 11.6 Å². The largest absolute Gasteiger partial charge is 0.285 e. The van der Waals surface area contributed by atoms with Crippen molar-refractivity contribution in [1.29, 1.82) is 0 Å². The summed E-state index contributed by atoms with van der Waals surface area (Å²) in [7, 11) is -3.72. The molecule has 2 heterocycles. The third-order valence-corrected chi connectivity index (χ3v) is 5.66. The van der Waals surface area contributed by atoms with Gasteiger partial charge in [0.2, 0.25) is 10.0 Å².